The molecule has 0 fully saturated rings. The van der Waals surface area contributed by atoms with Crippen LogP contribution in [0.2, 0.25) is 0 Å². The lowest BCUT2D eigenvalue weighted by Crippen LogP contribution is -2.44. The first-order valence-electron chi connectivity index (χ1n) is 9.25. The monoisotopic (exact) mass is 469 g/mol. The molecule has 0 radical (unpaired) electrons. The van der Waals surface area contributed by atoms with Crippen molar-refractivity contribution >= 4 is 50.1 Å². The van der Waals surface area contributed by atoms with Crippen LogP contribution in [0.15, 0.2) is 71.2 Å². The van der Waals surface area contributed by atoms with Gasteiger partial charge in [0.25, 0.3) is 5.91 Å². The van der Waals surface area contributed by atoms with Crippen molar-refractivity contribution in [1.82, 2.24) is 10.9 Å². The topological polar surface area (TPSA) is 96.5 Å². The van der Waals surface area contributed by atoms with Crippen molar-refractivity contribution in [3.05, 3.63) is 71.2 Å². The average molecular weight is 470 g/mol. The summed E-state index contributed by atoms with van der Waals surface area (Å²) in [7, 11) is 0. The highest BCUT2D eigenvalue weighted by Gasteiger charge is 2.11. The smallest absolute Gasteiger partial charge is 0.276 e. The molecule has 0 aliphatic heterocycles. The van der Waals surface area contributed by atoms with Gasteiger partial charge in [-0.15, -0.1) is 0 Å². The number of hydrazine groups is 1. The number of hydrogen-bond acceptors (Lipinski definition) is 4. The van der Waals surface area contributed by atoms with Crippen LogP contribution in [0, 0.1) is 0 Å². The van der Waals surface area contributed by atoms with Crippen LogP contribution in [0.3, 0.4) is 0 Å². The number of fused-ring (bicyclic) bond motifs is 1. The molecule has 30 heavy (non-hydrogen) atoms. The van der Waals surface area contributed by atoms with E-state index >= 15 is 0 Å². The molecule has 3 N–H and O–H groups in total. The van der Waals surface area contributed by atoms with Crippen LogP contribution in [0.4, 0.5) is 5.69 Å². The fourth-order valence-electron chi connectivity index (χ4n) is 2.68. The maximum Gasteiger partial charge on any atom is 0.276 e. The number of anilines is 1. The minimum Gasteiger partial charge on any atom is -0.483 e. The maximum absolute atomic E-state index is 11.9. The molecule has 0 unspecified atom stereocenters. The quantitative estimate of drug-likeness (QED) is 0.461. The van der Waals surface area contributed by atoms with E-state index < -0.39 is 11.8 Å². The van der Waals surface area contributed by atoms with Gasteiger partial charge in [0.2, 0.25) is 11.8 Å². The van der Waals surface area contributed by atoms with E-state index in [9.17, 15) is 14.4 Å². The summed E-state index contributed by atoms with van der Waals surface area (Å²) in [5, 5.41) is 4.70. The molecule has 3 aromatic rings. The van der Waals surface area contributed by atoms with Gasteiger partial charge in [0.05, 0.1) is 4.47 Å². The normalized spacial score (nSPS) is 10.3. The molecule has 3 rings (SSSR count). The highest BCUT2D eigenvalue weighted by atomic mass is 79.9. The van der Waals surface area contributed by atoms with E-state index in [1.807, 2.05) is 36.4 Å². The summed E-state index contributed by atoms with van der Waals surface area (Å²) in [6.45, 7) is -0.272. The SMILES string of the molecule is O=C(CCC(=O)Nc1ccccc1)NNC(=O)COc1ccc2ccccc2c1Br. The summed E-state index contributed by atoms with van der Waals surface area (Å²) in [6.07, 6.45) is -0.0623. The molecule has 0 saturated heterocycles. The molecule has 0 spiro atoms. The molecular formula is C22H20BrN3O4. The Bertz CT molecular complexity index is 1060. The predicted molar refractivity (Wildman–Crippen MR) is 118 cm³/mol. The fraction of sp³-hybridized carbons (Fsp3) is 0.136. The molecule has 0 saturated carbocycles. The highest BCUT2D eigenvalue weighted by molar-refractivity contribution is 9.10. The van der Waals surface area contributed by atoms with Gasteiger partial charge in [-0.05, 0) is 44.9 Å². The summed E-state index contributed by atoms with van der Waals surface area (Å²) in [5.74, 6) is -0.754. The lowest BCUT2D eigenvalue weighted by Gasteiger charge is -2.11. The van der Waals surface area contributed by atoms with Crippen LogP contribution in [0.25, 0.3) is 10.8 Å². The van der Waals surface area contributed by atoms with Crippen molar-refractivity contribution in [2.24, 2.45) is 0 Å². The standard InChI is InChI=1S/C22H20BrN3O4/c23-22-17-9-5-4-6-15(17)10-11-18(22)30-14-21(29)26-25-20(28)13-12-19(27)24-16-7-2-1-3-8-16/h1-11H,12-14H2,(H,24,27)(H,25,28)(H,26,29). The summed E-state index contributed by atoms with van der Waals surface area (Å²) < 4.78 is 6.28. The van der Waals surface area contributed by atoms with Crippen molar-refractivity contribution in [2.75, 3.05) is 11.9 Å². The molecule has 0 atom stereocenters. The predicted octanol–water partition coefficient (Wildman–Crippen LogP) is 3.55. The molecule has 0 aromatic heterocycles. The Balaban J connectivity index is 1.38. The number of amides is 3. The van der Waals surface area contributed by atoms with E-state index in [1.165, 1.54) is 0 Å². The van der Waals surface area contributed by atoms with E-state index in [2.05, 4.69) is 32.1 Å². The molecular weight excluding hydrogens is 450 g/mol. The Kier molecular flexibility index (Phi) is 7.40. The number of halogens is 1. The van der Waals surface area contributed by atoms with Crippen molar-refractivity contribution < 1.29 is 19.1 Å². The van der Waals surface area contributed by atoms with Gasteiger partial charge >= 0.3 is 0 Å². The lowest BCUT2D eigenvalue weighted by atomic mass is 10.1. The molecule has 0 aliphatic rings. The third-order valence-electron chi connectivity index (χ3n) is 4.16. The van der Waals surface area contributed by atoms with Crippen LogP contribution in [-0.2, 0) is 14.4 Å². The van der Waals surface area contributed by atoms with Crippen LogP contribution in [0.1, 0.15) is 12.8 Å². The molecule has 8 heteroatoms. The van der Waals surface area contributed by atoms with E-state index in [1.54, 1.807) is 30.3 Å². The molecule has 7 nitrogen and oxygen atoms in total. The Labute approximate surface area is 181 Å². The molecule has 3 amide bonds. The number of ether oxygens (including phenoxy) is 1. The Morgan fingerprint density at radius 3 is 2.23 bits per heavy atom. The summed E-state index contributed by atoms with van der Waals surface area (Å²) in [5.41, 5.74) is 5.20. The number of nitrogens with one attached hydrogen (secondary N) is 3. The minimum atomic E-state index is -0.517. The largest absolute Gasteiger partial charge is 0.483 e. The zero-order chi connectivity index (χ0) is 21.3. The van der Waals surface area contributed by atoms with Gasteiger partial charge in [-0.25, -0.2) is 0 Å². The van der Waals surface area contributed by atoms with Crippen LogP contribution in [-0.4, -0.2) is 24.3 Å². The van der Waals surface area contributed by atoms with Crippen LogP contribution < -0.4 is 20.9 Å². The van der Waals surface area contributed by atoms with Gasteiger partial charge in [-0.3, -0.25) is 25.2 Å². The lowest BCUT2D eigenvalue weighted by molar-refractivity contribution is -0.130. The molecule has 0 heterocycles. The minimum absolute atomic E-state index is 0.00284. The van der Waals surface area contributed by atoms with E-state index in [4.69, 9.17) is 4.74 Å². The van der Waals surface area contributed by atoms with Crippen molar-refractivity contribution in [2.45, 2.75) is 12.8 Å². The zero-order valence-corrected chi connectivity index (χ0v) is 17.6. The fourth-order valence-corrected chi connectivity index (χ4v) is 3.29. The third kappa shape index (κ3) is 6.05. The first kappa shape index (κ1) is 21.3. The van der Waals surface area contributed by atoms with Gasteiger partial charge in [0.15, 0.2) is 6.61 Å². The molecule has 3 aromatic carbocycles. The number of rotatable bonds is 7. The van der Waals surface area contributed by atoms with Crippen molar-refractivity contribution in [3.63, 3.8) is 0 Å². The number of hydrogen-bond donors (Lipinski definition) is 3. The van der Waals surface area contributed by atoms with Crippen molar-refractivity contribution in [1.29, 1.82) is 0 Å². The average Bonchev–Trinajstić information content (AvgIpc) is 2.76. The Hall–Kier alpha value is -3.39. The number of carbonyl (C=O) groups is 3. The Morgan fingerprint density at radius 1 is 0.767 bits per heavy atom. The summed E-state index contributed by atoms with van der Waals surface area (Å²) in [4.78, 5) is 35.6. The molecule has 0 aliphatic carbocycles. The van der Waals surface area contributed by atoms with Crippen LogP contribution >= 0.6 is 15.9 Å². The number of benzene rings is 3. The Morgan fingerprint density at radius 2 is 1.43 bits per heavy atom. The maximum atomic E-state index is 11.9. The molecule has 0 bridgehead atoms. The van der Waals surface area contributed by atoms with Gasteiger partial charge in [0, 0.05) is 18.5 Å². The van der Waals surface area contributed by atoms with Gasteiger partial charge in [-0.2, -0.15) is 0 Å². The second-order valence-electron chi connectivity index (χ2n) is 6.40. The first-order chi connectivity index (χ1) is 14.5. The first-order valence-corrected chi connectivity index (χ1v) is 10.0. The van der Waals surface area contributed by atoms with E-state index in [0.717, 1.165) is 15.2 Å². The van der Waals surface area contributed by atoms with E-state index in [0.29, 0.717) is 11.4 Å². The molecule has 154 valence electrons. The number of carbonyl (C=O) groups excluding carboxylic acids is 3. The third-order valence-corrected chi connectivity index (χ3v) is 4.98. The highest BCUT2D eigenvalue weighted by Crippen LogP contribution is 2.32. The second kappa shape index (κ2) is 10.4. The van der Waals surface area contributed by atoms with Crippen molar-refractivity contribution in [3.8, 4) is 5.75 Å². The van der Waals surface area contributed by atoms with Gasteiger partial charge in [-0.1, -0.05) is 48.5 Å². The van der Waals surface area contributed by atoms with Crippen LogP contribution in [0.5, 0.6) is 5.75 Å². The zero-order valence-electron chi connectivity index (χ0n) is 16.0. The van der Waals surface area contributed by atoms with E-state index in [-0.39, 0.29) is 25.4 Å². The second-order valence-corrected chi connectivity index (χ2v) is 7.19. The summed E-state index contributed by atoms with van der Waals surface area (Å²) in [6, 6.07) is 20.4. The van der Waals surface area contributed by atoms with Gasteiger partial charge < -0.3 is 10.1 Å². The van der Waals surface area contributed by atoms with Gasteiger partial charge in [0.1, 0.15) is 5.75 Å². The summed E-state index contributed by atoms with van der Waals surface area (Å²) >= 11 is 3.49. The number of para-hydroxylation sites is 1.